The zero-order valence-corrected chi connectivity index (χ0v) is 12.7. The molecule has 0 aliphatic carbocycles. The Bertz CT molecular complexity index is 592. The minimum absolute atomic E-state index is 0.0252. The lowest BCUT2D eigenvalue weighted by molar-refractivity contribution is 0.234. The second kappa shape index (κ2) is 6.27. The second-order valence-electron chi connectivity index (χ2n) is 5.49. The van der Waals surface area contributed by atoms with Gasteiger partial charge in [-0.25, -0.2) is 8.42 Å². The molecule has 2 atom stereocenters. The summed E-state index contributed by atoms with van der Waals surface area (Å²) in [6.07, 6.45) is 1.72. The predicted octanol–water partition coefficient (Wildman–Crippen LogP) is 2.25. The normalized spacial score (nSPS) is 23.6. The van der Waals surface area contributed by atoms with Crippen LogP contribution in [0.25, 0.3) is 0 Å². The monoisotopic (exact) mass is 318 g/mol. The third kappa shape index (κ3) is 3.18. The molecular formula is C14H20F2N2O2S. The SMILES string of the molecule is CC1CCN(c2ccccc2S(=O)(=O)C(F)F)C(CN)C1. The molecule has 1 aliphatic heterocycles. The molecule has 0 bridgehead atoms. The summed E-state index contributed by atoms with van der Waals surface area (Å²) in [6, 6.07) is 5.91. The molecule has 2 N–H and O–H groups in total. The number of para-hydroxylation sites is 1. The fraction of sp³-hybridized carbons (Fsp3) is 0.571. The van der Waals surface area contributed by atoms with Crippen molar-refractivity contribution in [2.75, 3.05) is 18.0 Å². The van der Waals surface area contributed by atoms with Gasteiger partial charge in [-0.05, 0) is 30.9 Å². The fourth-order valence-corrected chi connectivity index (χ4v) is 3.76. The molecule has 0 aromatic heterocycles. The first-order chi connectivity index (χ1) is 9.87. The van der Waals surface area contributed by atoms with E-state index in [0.29, 0.717) is 24.7 Å². The Balaban J connectivity index is 2.45. The number of anilines is 1. The Hall–Kier alpha value is -1.21. The highest BCUT2D eigenvalue weighted by Crippen LogP contribution is 2.34. The van der Waals surface area contributed by atoms with Gasteiger partial charge in [-0.1, -0.05) is 19.1 Å². The molecule has 2 rings (SSSR count). The molecule has 0 radical (unpaired) electrons. The van der Waals surface area contributed by atoms with Crippen molar-refractivity contribution in [1.82, 2.24) is 0 Å². The van der Waals surface area contributed by atoms with Gasteiger partial charge in [0.05, 0.1) is 10.6 Å². The van der Waals surface area contributed by atoms with E-state index in [1.54, 1.807) is 12.1 Å². The van der Waals surface area contributed by atoms with E-state index < -0.39 is 15.6 Å². The van der Waals surface area contributed by atoms with Crippen molar-refractivity contribution in [3.8, 4) is 0 Å². The number of sulfone groups is 1. The van der Waals surface area contributed by atoms with Crippen LogP contribution in [0.4, 0.5) is 14.5 Å². The van der Waals surface area contributed by atoms with Crippen LogP contribution in [0, 0.1) is 5.92 Å². The number of hydrogen-bond donors (Lipinski definition) is 1. The molecule has 7 heteroatoms. The summed E-state index contributed by atoms with van der Waals surface area (Å²) in [7, 11) is -4.62. The second-order valence-corrected chi connectivity index (χ2v) is 7.37. The number of benzene rings is 1. The fourth-order valence-electron chi connectivity index (χ4n) is 2.82. The van der Waals surface area contributed by atoms with Gasteiger partial charge in [0.15, 0.2) is 0 Å². The molecule has 1 saturated heterocycles. The minimum Gasteiger partial charge on any atom is -0.366 e. The number of piperidine rings is 1. The lowest BCUT2D eigenvalue weighted by Gasteiger charge is -2.40. The van der Waals surface area contributed by atoms with Gasteiger partial charge in [0.2, 0.25) is 9.84 Å². The average molecular weight is 318 g/mol. The van der Waals surface area contributed by atoms with Gasteiger partial charge in [-0.2, -0.15) is 8.78 Å². The summed E-state index contributed by atoms with van der Waals surface area (Å²) in [4.78, 5) is 1.54. The number of alkyl halides is 2. The number of nitrogens with two attached hydrogens (primary N) is 1. The molecule has 1 aliphatic rings. The number of halogens is 2. The topological polar surface area (TPSA) is 63.4 Å². The van der Waals surface area contributed by atoms with Crippen molar-refractivity contribution in [2.24, 2.45) is 11.7 Å². The molecule has 21 heavy (non-hydrogen) atoms. The molecule has 0 amide bonds. The molecular weight excluding hydrogens is 298 g/mol. The minimum atomic E-state index is -4.62. The van der Waals surface area contributed by atoms with Gasteiger partial charge in [0.1, 0.15) is 0 Å². The molecule has 0 saturated carbocycles. The van der Waals surface area contributed by atoms with Crippen LogP contribution in [0.1, 0.15) is 19.8 Å². The molecule has 1 fully saturated rings. The lowest BCUT2D eigenvalue weighted by Crippen LogP contribution is -2.47. The molecule has 1 heterocycles. The zero-order chi connectivity index (χ0) is 15.6. The Morgan fingerprint density at radius 1 is 1.38 bits per heavy atom. The summed E-state index contributed by atoms with van der Waals surface area (Å²) >= 11 is 0. The van der Waals surface area contributed by atoms with Gasteiger partial charge in [-0.15, -0.1) is 0 Å². The summed E-state index contributed by atoms with van der Waals surface area (Å²) in [5.41, 5.74) is 6.11. The first kappa shape index (κ1) is 16.2. The van der Waals surface area contributed by atoms with E-state index in [2.05, 4.69) is 6.92 Å². The van der Waals surface area contributed by atoms with Crippen LogP contribution in [0.5, 0.6) is 0 Å². The quantitative estimate of drug-likeness (QED) is 0.925. The van der Waals surface area contributed by atoms with E-state index >= 15 is 0 Å². The van der Waals surface area contributed by atoms with E-state index in [-0.39, 0.29) is 10.9 Å². The smallest absolute Gasteiger partial charge is 0.341 e. The van der Waals surface area contributed by atoms with Gasteiger partial charge in [-0.3, -0.25) is 0 Å². The molecule has 4 nitrogen and oxygen atoms in total. The molecule has 2 unspecified atom stereocenters. The van der Waals surface area contributed by atoms with Gasteiger partial charge < -0.3 is 10.6 Å². The Labute approximate surface area is 123 Å². The number of rotatable bonds is 4. The van der Waals surface area contributed by atoms with Gasteiger partial charge >= 0.3 is 5.76 Å². The van der Waals surface area contributed by atoms with Crippen LogP contribution in [-0.4, -0.2) is 33.3 Å². The van der Waals surface area contributed by atoms with Crippen molar-refractivity contribution in [2.45, 2.75) is 36.5 Å². The van der Waals surface area contributed by atoms with Crippen LogP contribution in [-0.2, 0) is 9.84 Å². The maximum absolute atomic E-state index is 12.9. The highest BCUT2D eigenvalue weighted by molar-refractivity contribution is 7.91. The van der Waals surface area contributed by atoms with Crippen molar-refractivity contribution in [3.05, 3.63) is 24.3 Å². The maximum Gasteiger partial charge on any atom is 0.341 e. The molecule has 1 aromatic rings. The van der Waals surface area contributed by atoms with E-state index in [4.69, 9.17) is 5.73 Å². The molecule has 0 spiro atoms. The Kier molecular flexibility index (Phi) is 4.83. The summed E-state index contributed by atoms with van der Waals surface area (Å²) in [5, 5.41) is 0. The van der Waals surface area contributed by atoms with Crippen molar-refractivity contribution >= 4 is 15.5 Å². The lowest BCUT2D eigenvalue weighted by atomic mass is 9.92. The van der Waals surface area contributed by atoms with Crippen LogP contribution in [0.15, 0.2) is 29.2 Å². The summed E-state index contributed by atoms with van der Waals surface area (Å²) < 4.78 is 49.4. The first-order valence-electron chi connectivity index (χ1n) is 6.95. The largest absolute Gasteiger partial charge is 0.366 e. The molecule has 118 valence electrons. The van der Waals surface area contributed by atoms with Gasteiger partial charge in [0, 0.05) is 19.1 Å². The van der Waals surface area contributed by atoms with Crippen molar-refractivity contribution in [1.29, 1.82) is 0 Å². The number of nitrogens with zero attached hydrogens (tertiary/aromatic N) is 1. The molecule has 1 aromatic carbocycles. The maximum atomic E-state index is 12.9. The predicted molar refractivity (Wildman–Crippen MR) is 78.2 cm³/mol. The highest BCUT2D eigenvalue weighted by Gasteiger charge is 2.33. The van der Waals surface area contributed by atoms with Crippen molar-refractivity contribution < 1.29 is 17.2 Å². The van der Waals surface area contributed by atoms with Crippen LogP contribution in [0.3, 0.4) is 0 Å². The van der Waals surface area contributed by atoms with Crippen LogP contribution >= 0.6 is 0 Å². The number of hydrogen-bond acceptors (Lipinski definition) is 4. The van der Waals surface area contributed by atoms with E-state index in [0.717, 1.165) is 12.8 Å². The van der Waals surface area contributed by atoms with E-state index in [1.807, 2.05) is 4.90 Å². The van der Waals surface area contributed by atoms with Crippen LogP contribution in [0.2, 0.25) is 0 Å². The Morgan fingerprint density at radius 3 is 2.67 bits per heavy atom. The summed E-state index contributed by atoms with van der Waals surface area (Å²) in [6.45, 7) is 3.11. The van der Waals surface area contributed by atoms with Gasteiger partial charge in [0.25, 0.3) is 0 Å². The highest BCUT2D eigenvalue weighted by atomic mass is 32.2. The van der Waals surface area contributed by atoms with E-state index in [1.165, 1.54) is 12.1 Å². The third-order valence-corrected chi connectivity index (χ3v) is 5.39. The standard InChI is InChI=1S/C14H20F2N2O2S/c1-10-6-7-18(11(8-10)9-17)12-4-2-3-5-13(12)21(19,20)14(15)16/h2-5,10-11,14H,6-9,17H2,1H3. The van der Waals surface area contributed by atoms with E-state index in [9.17, 15) is 17.2 Å². The average Bonchev–Trinajstić information content (AvgIpc) is 2.47. The zero-order valence-electron chi connectivity index (χ0n) is 11.9. The third-order valence-electron chi connectivity index (χ3n) is 3.97. The van der Waals surface area contributed by atoms with Crippen LogP contribution < -0.4 is 10.6 Å². The summed E-state index contributed by atoms with van der Waals surface area (Å²) in [5.74, 6) is -2.92. The van der Waals surface area contributed by atoms with Crippen molar-refractivity contribution in [3.63, 3.8) is 0 Å². The first-order valence-corrected chi connectivity index (χ1v) is 8.50. The Morgan fingerprint density at radius 2 is 2.05 bits per heavy atom.